The Morgan fingerprint density at radius 2 is 2.20 bits per heavy atom. The van der Waals surface area contributed by atoms with Crippen LogP contribution in [-0.2, 0) is 12.8 Å². The number of hydrogen-bond donors (Lipinski definition) is 1. The molecule has 104 valence electrons. The lowest BCUT2D eigenvalue weighted by atomic mass is 9.81. The fraction of sp³-hybridized carbons (Fsp3) is 0.412. The molecule has 0 fully saturated rings. The van der Waals surface area contributed by atoms with Gasteiger partial charge in [-0.2, -0.15) is 0 Å². The Hall–Kier alpha value is -1.90. The number of carboxylic acid groups (broad SMARTS) is 1. The first kappa shape index (κ1) is 13.1. The average molecular weight is 269 g/mol. The van der Waals surface area contributed by atoms with Gasteiger partial charge in [0.25, 0.3) is 0 Å². The van der Waals surface area contributed by atoms with E-state index in [0.29, 0.717) is 11.5 Å². The average Bonchev–Trinajstić information content (AvgIpc) is 2.44. The predicted octanol–water partition coefficient (Wildman–Crippen LogP) is 3.84. The largest absolute Gasteiger partial charge is 0.478 e. The van der Waals surface area contributed by atoms with Crippen LogP contribution in [0.4, 0.5) is 0 Å². The second-order valence-electron chi connectivity index (χ2n) is 5.63. The summed E-state index contributed by atoms with van der Waals surface area (Å²) in [5, 5.41) is 10.4. The maximum atomic E-state index is 11.7. The molecule has 0 bridgehead atoms. The molecule has 0 radical (unpaired) electrons. The summed E-state index contributed by atoms with van der Waals surface area (Å²) in [4.78, 5) is 16.4. The van der Waals surface area contributed by atoms with Crippen molar-refractivity contribution in [1.82, 2.24) is 4.98 Å². The molecule has 1 N–H and O–H groups in total. The lowest BCUT2D eigenvalue weighted by Crippen LogP contribution is -2.19. The molecule has 1 aromatic carbocycles. The minimum Gasteiger partial charge on any atom is -0.478 e. The summed E-state index contributed by atoms with van der Waals surface area (Å²) in [5.74, 6) is -0.217. The molecular weight excluding hydrogens is 250 g/mol. The zero-order valence-electron chi connectivity index (χ0n) is 11.7. The van der Waals surface area contributed by atoms with E-state index in [2.05, 4.69) is 6.92 Å². The molecule has 0 saturated carbocycles. The van der Waals surface area contributed by atoms with Crippen molar-refractivity contribution in [2.24, 2.45) is 5.92 Å². The van der Waals surface area contributed by atoms with E-state index in [1.165, 1.54) is 6.42 Å². The molecule has 1 aromatic heterocycles. The number of nitrogens with zero attached hydrogens (tertiary/aromatic N) is 1. The lowest BCUT2D eigenvalue weighted by Gasteiger charge is -2.25. The number of fused-ring (bicyclic) bond motifs is 2. The van der Waals surface area contributed by atoms with Crippen molar-refractivity contribution in [2.75, 3.05) is 0 Å². The minimum atomic E-state index is -0.822. The first-order valence-corrected chi connectivity index (χ1v) is 7.34. The van der Waals surface area contributed by atoms with Crippen LogP contribution < -0.4 is 0 Å². The topological polar surface area (TPSA) is 50.2 Å². The zero-order chi connectivity index (χ0) is 14.1. The molecular formula is C17H19NO2. The Balaban J connectivity index is 2.18. The molecule has 3 nitrogen and oxygen atoms in total. The third-order valence-corrected chi connectivity index (χ3v) is 4.27. The molecule has 0 saturated heterocycles. The highest BCUT2D eigenvalue weighted by Gasteiger charge is 2.26. The van der Waals surface area contributed by atoms with Gasteiger partial charge in [-0.15, -0.1) is 0 Å². The molecule has 0 amide bonds. The van der Waals surface area contributed by atoms with Crippen LogP contribution in [0.2, 0.25) is 0 Å². The van der Waals surface area contributed by atoms with Crippen LogP contribution in [0.15, 0.2) is 24.3 Å². The molecule has 3 rings (SSSR count). The molecule has 0 spiro atoms. The van der Waals surface area contributed by atoms with Gasteiger partial charge in [-0.05, 0) is 36.8 Å². The summed E-state index contributed by atoms with van der Waals surface area (Å²) in [6, 6.07) is 7.57. The van der Waals surface area contributed by atoms with E-state index in [1.54, 1.807) is 0 Å². The maximum Gasteiger partial charge on any atom is 0.336 e. The summed E-state index contributed by atoms with van der Waals surface area (Å²) < 4.78 is 0. The van der Waals surface area contributed by atoms with Crippen molar-refractivity contribution < 1.29 is 9.90 Å². The molecule has 20 heavy (non-hydrogen) atoms. The molecule has 2 aromatic rings. The Bertz CT molecular complexity index is 663. The predicted molar refractivity (Wildman–Crippen MR) is 79.1 cm³/mol. The van der Waals surface area contributed by atoms with E-state index in [1.807, 2.05) is 24.3 Å². The van der Waals surface area contributed by atoms with Gasteiger partial charge in [-0.1, -0.05) is 38.0 Å². The fourth-order valence-electron chi connectivity index (χ4n) is 3.36. The fourth-order valence-corrected chi connectivity index (χ4v) is 3.36. The number of aromatic nitrogens is 1. The number of carboxylic acids is 1. The first-order valence-electron chi connectivity index (χ1n) is 7.34. The summed E-state index contributed by atoms with van der Waals surface area (Å²) in [5.41, 5.74) is 3.25. The number of carbonyl (C=O) groups is 1. The van der Waals surface area contributed by atoms with Gasteiger partial charge in [-0.25, -0.2) is 4.79 Å². The van der Waals surface area contributed by atoms with Crippen LogP contribution >= 0.6 is 0 Å². The zero-order valence-corrected chi connectivity index (χ0v) is 11.7. The number of hydrogen-bond acceptors (Lipinski definition) is 2. The van der Waals surface area contributed by atoms with E-state index < -0.39 is 5.97 Å². The SMILES string of the molecule is CCC[C@@H]1CCc2nc3ccccc3c(C(=O)O)c2C1. The van der Waals surface area contributed by atoms with Crippen molar-refractivity contribution in [3.05, 3.63) is 41.1 Å². The highest BCUT2D eigenvalue weighted by atomic mass is 16.4. The summed E-state index contributed by atoms with van der Waals surface area (Å²) in [6.07, 6.45) is 5.23. The van der Waals surface area contributed by atoms with Gasteiger partial charge >= 0.3 is 5.97 Å². The van der Waals surface area contributed by atoms with Crippen LogP contribution in [-0.4, -0.2) is 16.1 Å². The summed E-state index contributed by atoms with van der Waals surface area (Å²) >= 11 is 0. The van der Waals surface area contributed by atoms with Crippen LogP contribution in [0.3, 0.4) is 0 Å². The minimum absolute atomic E-state index is 0.478. The van der Waals surface area contributed by atoms with Crippen LogP contribution in [0.1, 0.15) is 47.8 Å². The van der Waals surface area contributed by atoms with Gasteiger partial charge in [0.1, 0.15) is 0 Å². The smallest absolute Gasteiger partial charge is 0.336 e. The van der Waals surface area contributed by atoms with E-state index in [-0.39, 0.29) is 0 Å². The van der Waals surface area contributed by atoms with Gasteiger partial charge in [-0.3, -0.25) is 4.98 Å². The van der Waals surface area contributed by atoms with Gasteiger partial charge in [0, 0.05) is 11.1 Å². The Labute approximate surface area is 118 Å². The molecule has 1 heterocycles. The maximum absolute atomic E-state index is 11.7. The number of aryl methyl sites for hydroxylation is 1. The van der Waals surface area contributed by atoms with E-state index in [0.717, 1.165) is 47.8 Å². The second kappa shape index (κ2) is 5.23. The molecule has 1 aliphatic rings. The highest BCUT2D eigenvalue weighted by molar-refractivity contribution is 6.04. The molecule has 0 unspecified atom stereocenters. The van der Waals surface area contributed by atoms with E-state index >= 15 is 0 Å². The van der Waals surface area contributed by atoms with Crippen molar-refractivity contribution >= 4 is 16.9 Å². The summed E-state index contributed by atoms with van der Waals surface area (Å²) in [7, 11) is 0. The number of benzene rings is 1. The van der Waals surface area contributed by atoms with Crippen LogP contribution in [0.5, 0.6) is 0 Å². The van der Waals surface area contributed by atoms with Crippen LogP contribution in [0.25, 0.3) is 10.9 Å². The van der Waals surface area contributed by atoms with Crippen molar-refractivity contribution in [3.63, 3.8) is 0 Å². The highest BCUT2D eigenvalue weighted by Crippen LogP contribution is 2.33. The summed E-state index contributed by atoms with van der Waals surface area (Å²) in [6.45, 7) is 2.19. The van der Waals surface area contributed by atoms with Gasteiger partial charge < -0.3 is 5.11 Å². The van der Waals surface area contributed by atoms with Gasteiger partial charge in [0.15, 0.2) is 0 Å². The second-order valence-corrected chi connectivity index (χ2v) is 5.63. The number of aromatic carboxylic acids is 1. The molecule has 3 heteroatoms. The standard InChI is InChI=1S/C17H19NO2/c1-2-5-11-8-9-15-13(10-11)16(17(19)20)12-6-3-4-7-14(12)18-15/h3-4,6-7,11H,2,5,8-10H2,1H3,(H,19,20)/t11-/m1/s1. The third kappa shape index (κ3) is 2.17. The van der Waals surface area contributed by atoms with Gasteiger partial charge in [0.05, 0.1) is 11.1 Å². The van der Waals surface area contributed by atoms with Crippen molar-refractivity contribution in [1.29, 1.82) is 0 Å². The van der Waals surface area contributed by atoms with Crippen molar-refractivity contribution in [2.45, 2.75) is 39.0 Å². The van der Waals surface area contributed by atoms with Gasteiger partial charge in [0.2, 0.25) is 0 Å². The lowest BCUT2D eigenvalue weighted by molar-refractivity contribution is 0.0697. The van der Waals surface area contributed by atoms with E-state index in [4.69, 9.17) is 4.98 Å². The van der Waals surface area contributed by atoms with Crippen molar-refractivity contribution in [3.8, 4) is 0 Å². The number of para-hydroxylation sites is 1. The van der Waals surface area contributed by atoms with Crippen LogP contribution in [0, 0.1) is 5.92 Å². The monoisotopic (exact) mass is 269 g/mol. The number of rotatable bonds is 3. The first-order chi connectivity index (χ1) is 9.70. The molecule has 1 aliphatic carbocycles. The Morgan fingerprint density at radius 3 is 2.95 bits per heavy atom. The Kier molecular flexibility index (Phi) is 3.43. The van der Waals surface area contributed by atoms with E-state index in [9.17, 15) is 9.90 Å². The Morgan fingerprint density at radius 1 is 1.40 bits per heavy atom. The molecule has 0 aliphatic heterocycles. The third-order valence-electron chi connectivity index (χ3n) is 4.27. The quantitative estimate of drug-likeness (QED) is 0.921. The number of pyridine rings is 1. The molecule has 1 atom stereocenters. The normalized spacial score (nSPS) is 17.9.